The van der Waals surface area contributed by atoms with Crippen LogP contribution >= 0.6 is 0 Å². The maximum Gasteiger partial charge on any atom is -0.00680 e. The Morgan fingerprint density at radius 2 is 0.870 bits per heavy atom. The third kappa shape index (κ3) is 11.5. The fraction of sp³-hybridized carbons (Fsp3) is 0.222. The summed E-state index contributed by atoms with van der Waals surface area (Å²) in [7, 11) is 0. The normalized spacial score (nSPS) is 10.9. The summed E-state index contributed by atoms with van der Waals surface area (Å²) in [5.74, 6) is 1.11. The monoisotopic (exact) mass is 708 g/mol. The Labute approximate surface area is 327 Å². The van der Waals surface area contributed by atoms with Gasteiger partial charge in [0, 0.05) is 0 Å². The van der Waals surface area contributed by atoms with Crippen molar-refractivity contribution in [3.63, 3.8) is 0 Å². The van der Waals surface area contributed by atoms with Crippen LogP contribution in [-0.4, -0.2) is 0 Å². The highest BCUT2D eigenvalue weighted by atomic mass is 14.2. The Kier molecular flexibility index (Phi) is 16.3. The predicted octanol–water partition coefficient (Wildman–Crippen LogP) is 16.3. The van der Waals surface area contributed by atoms with E-state index in [0.29, 0.717) is 11.8 Å². The van der Waals surface area contributed by atoms with Crippen molar-refractivity contribution in [3.8, 4) is 44.5 Å². The second-order valence-corrected chi connectivity index (χ2v) is 14.1. The summed E-state index contributed by atoms with van der Waals surface area (Å²) < 4.78 is 0. The van der Waals surface area contributed by atoms with Crippen molar-refractivity contribution in [2.24, 2.45) is 0 Å². The van der Waals surface area contributed by atoms with E-state index in [1.165, 1.54) is 78.7 Å². The Bertz CT molecular complexity index is 2100. The third-order valence-electron chi connectivity index (χ3n) is 9.83. The Morgan fingerprint density at radius 1 is 0.407 bits per heavy atom. The zero-order chi connectivity index (χ0) is 38.9. The van der Waals surface area contributed by atoms with Gasteiger partial charge in [0.15, 0.2) is 0 Å². The fourth-order valence-corrected chi connectivity index (χ4v) is 6.46. The van der Waals surface area contributed by atoms with E-state index in [4.69, 9.17) is 0 Å². The van der Waals surface area contributed by atoms with Crippen molar-refractivity contribution in [2.75, 3.05) is 0 Å². The zero-order valence-electron chi connectivity index (χ0n) is 34.1. The first-order valence-electron chi connectivity index (χ1n) is 19.8. The Morgan fingerprint density at radius 3 is 1.43 bits per heavy atom. The predicted molar refractivity (Wildman–Crippen MR) is 239 cm³/mol. The molecule has 7 aromatic rings. The molecule has 276 valence electrons. The van der Waals surface area contributed by atoms with Crippen LogP contribution in [0.5, 0.6) is 0 Å². The smallest absolute Gasteiger partial charge is 0.00680 e. The van der Waals surface area contributed by atoms with E-state index in [1.807, 2.05) is 32.0 Å². The molecule has 0 nitrogen and oxygen atoms in total. The second kappa shape index (κ2) is 21.3. The first kappa shape index (κ1) is 41.3. The molecule has 0 spiro atoms. The summed E-state index contributed by atoms with van der Waals surface area (Å²) in [5, 5.41) is 0. The van der Waals surface area contributed by atoms with Gasteiger partial charge in [0.25, 0.3) is 0 Å². The van der Waals surface area contributed by atoms with Crippen molar-refractivity contribution in [3.05, 3.63) is 204 Å². The van der Waals surface area contributed by atoms with Gasteiger partial charge < -0.3 is 0 Å². The first-order chi connectivity index (χ1) is 26.2. The van der Waals surface area contributed by atoms with Crippen LogP contribution in [0, 0.1) is 20.8 Å². The van der Waals surface area contributed by atoms with Crippen LogP contribution in [0.3, 0.4) is 0 Å². The van der Waals surface area contributed by atoms with E-state index >= 15 is 0 Å². The number of hydrogen-bond acceptors (Lipinski definition) is 0. The number of hydrogen-bond donors (Lipinski definition) is 0. The van der Waals surface area contributed by atoms with Crippen LogP contribution in [0.1, 0.15) is 87.6 Å². The summed E-state index contributed by atoms with van der Waals surface area (Å²) in [6.45, 7) is 19.5. The molecule has 0 aliphatic heterocycles. The van der Waals surface area contributed by atoms with Crippen molar-refractivity contribution >= 4 is 0 Å². The molecule has 0 aliphatic carbocycles. The molecule has 0 saturated carbocycles. The third-order valence-corrected chi connectivity index (χ3v) is 9.83. The molecule has 7 aromatic carbocycles. The van der Waals surface area contributed by atoms with Gasteiger partial charge in [0.1, 0.15) is 0 Å². The molecule has 0 aromatic heterocycles. The lowest BCUT2D eigenvalue weighted by Gasteiger charge is -2.20. The molecule has 1 atom stereocenters. The zero-order valence-corrected chi connectivity index (χ0v) is 34.1. The van der Waals surface area contributed by atoms with Crippen molar-refractivity contribution in [2.45, 2.75) is 80.6 Å². The standard InChI is InChI=1S/C29H28.C16H18.C7H8.C2H6/c1-20(2)26-10-7-11-28(29(26)27-9-6-5-8-22(27)4)25-18-16-24(17-19-25)23-14-12-21(3)13-15-23;1-3-13(2)15-10-7-11-16(12-15)14-8-5-4-6-9-14;1-7-5-3-2-4-6-7;1-2/h5-20H,1-4H3;4-13H,3H2,1-2H3;2-6H,1H3;1-2H3. The number of aryl methyl sites for hydroxylation is 3. The second-order valence-electron chi connectivity index (χ2n) is 14.1. The lowest BCUT2D eigenvalue weighted by atomic mass is 9.84. The number of benzene rings is 7. The molecule has 0 fully saturated rings. The van der Waals surface area contributed by atoms with Crippen LogP contribution in [0.15, 0.2) is 176 Å². The van der Waals surface area contributed by atoms with E-state index in [9.17, 15) is 0 Å². The first-order valence-corrected chi connectivity index (χ1v) is 19.8. The van der Waals surface area contributed by atoms with E-state index in [2.05, 4.69) is 206 Å². The summed E-state index contributed by atoms with van der Waals surface area (Å²) in [6, 6.07) is 62.9. The number of rotatable bonds is 7. The molecule has 54 heavy (non-hydrogen) atoms. The van der Waals surface area contributed by atoms with Crippen molar-refractivity contribution < 1.29 is 0 Å². The molecule has 1 unspecified atom stereocenters. The van der Waals surface area contributed by atoms with Crippen molar-refractivity contribution in [1.82, 2.24) is 0 Å². The van der Waals surface area contributed by atoms with Crippen molar-refractivity contribution in [1.29, 1.82) is 0 Å². The van der Waals surface area contributed by atoms with Gasteiger partial charge in [-0.05, 0) is 100 Å². The highest BCUT2D eigenvalue weighted by Gasteiger charge is 2.16. The Balaban J connectivity index is 0.000000216. The van der Waals surface area contributed by atoms with Gasteiger partial charge in [-0.2, -0.15) is 0 Å². The minimum Gasteiger partial charge on any atom is -0.0683 e. The molecule has 0 heteroatoms. The molecule has 0 bridgehead atoms. The molecule has 7 rings (SSSR count). The molecular weight excluding hydrogens is 649 g/mol. The van der Waals surface area contributed by atoms with Gasteiger partial charge in [-0.3, -0.25) is 0 Å². The van der Waals surface area contributed by atoms with E-state index in [-0.39, 0.29) is 0 Å². The largest absolute Gasteiger partial charge is 0.0683 e. The van der Waals surface area contributed by atoms with Crippen LogP contribution in [0.2, 0.25) is 0 Å². The van der Waals surface area contributed by atoms with E-state index in [0.717, 1.165) is 0 Å². The van der Waals surface area contributed by atoms with Crippen LogP contribution in [-0.2, 0) is 0 Å². The summed E-state index contributed by atoms with van der Waals surface area (Å²) in [5.41, 5.74) is 17.2. The minimum atomic E-state index is 0.469. The van der Waals surface area contributed by atoms with Crippen LogP contribution in [0.25, 0.3) is 44.5 Å². The van der Waals surface area contributed by atoms with E-state index < -0.39 is 0 Å². The van der Waals surface area contributed by atoms with E-state index in [1.54, 1.807) is 0 Å². The molecule has 0 aliphatic rings. The fourth-order valence-electron chi connectivity index (χ4n) is 6.46. The highest BCUT2D eigenvalue weighted by molar-refractivity contribution is 5.88. The van der Waals surface area contributed by atoms with Crippen LogP contribution < -0.4 is 0 Å². The topological polar surface area (TPSA) is 0 Å². The highest BCUT2D eigenvalue weighted by Crippen LogP contribution is 2.40. The lowest BCUT2D eigenvalue weighted by molar-refractivity contribution is 0.734. The van der Waals surface area contributed by atoms with Gasteiger partial charge in [0.05, 0.1) is 0 Å². The average Bonchev–Trinajstić information content (AvgIpc) is 3.23. The summed E-state index contributed by atoms with van der Waals surface area (Å²) >= 11 is 0. The maximum absolute atomic E-state index is 2.31. The Hall–Kier alpha value is -5.46. The quantitative estimate of drug-likeness (QED) is 0.155. The lowest BCUT2D eigenvalue weighted by Crippen LogP contribution is -1.97. The summed E-state index contributed by atoms with van der Waals surface area (Å²) in [6.07, 6.45) is 1.19. The molecule has 0 amide bonds. The average molecular weight is 709 g/mol. The molecular formula is C54H60. The molecule has 0 heterocycles. The van der Waals surface area contributed by atoms with Gasteiger partial charge in [-0.1, -0.05) is 229 Å². The van der Waals surface area contributed by atoms with Gasteiger partial charge in [-0.25, -0.2) is 0 Å². The summed E-state index contributed by atoms with van der Waals surface area (Å²) in [4.78, 5) is 0. The maximum atomic E-state index is 2.31. The molecule has 0 N–H and O–H groups in total. The van der Waals surface area contributed by atoms with Gasteiger partial charge in [-0.15, -0.1) is 0 Å². The minimum absolute atomic E-state index is 0.469. The molecule has 0 radical (unpaired) electrons. The molecule has 0 saturated heterocycles. The van der Waals surface area contributed by atoms with Gasteiger partial charge >= 0.3 is 0 Å². The van der Waals surface area contributed by atoms with Gasteiger partial charge in [0.2, 0.25) is 0 Å². The SMILES string of the molecule is CC.CCC(C)c1cccc(-c2ccccc2)c1.Cc1ccc(-c2ccc(-c3cccc(C(C)C)c3-c3ccccc3C)cc2)cc1.Cc1ccccc1. The van der Waals surface area contributed by atoms with Crippen LogP contribution in [0.4, 0.5) is 0 Å².